The van der Waals surface area contributed by atoms with E-state index in [0.717, 1.165) is 17.8 Å². The molecule has 8 nitrogen and oxygen atoms in total. The van der Waals surface area contributed by atoms with Crippen LogP contribution in [-0.2, 0) is 9.67 Å². The first kappa shape index (κ1) is 19.1. The van der Waals surface area contributed by atoms with Gasteiger partial charge in [-0.25, -0.2) is 14.4 Å². The lowest BCUT2D eigenvalue weighted by atomic mass is 9.99. The molecule has 26 heavy (non-hydrogen) atoms. The van der Waals surface area contributed by atoms with Crippen molar-refractivity contribution in [2.45, 2.75) is 16.8 Å². The van der Waals surface area contributed by atoms with Gasteiger partial charge in [0.2, 0.25) is 0 Å². The Labute approximate surface area is 152 Å². The highest BCUT2D eigenvalue weighted by molar-refractivity contribution is 8.00. The summed E-state index contributed by atoms with van der Waals surface area (Å²) >= 11 is 0.982. The lowest BCUT2D eigenvalue weighted by molar-refractivity contribution is 0.0672. The molecule has 0 aliphatic carbocycles. The highest BCUT2D eigenvalue weighted by Gasteiger charge is 2.36. The van der Waals surface area contributed by atoms with Gasteiger partial charge in [0.25, 0.3) is 0 Å². The maximum absolute atomic E-state index is 11.6. The maximum Gasteiger partial charge on any atom is 0.406 e. The molecule has 0 fully saturated rings. The first-order valence-electron chi connectivity index (χ1n) is 7.20. The Morgan fingerprint density at radius 3 is 2.15 bits per heavy atom. The van der Waals surface area contributed by atoms with Crippen molar-refractivity contribution in [1.82, 2.24) is 0 Å². The Morgan fingerprint density at radius 1 is 1.04 bits per heavy atom. The predicted octanol–water partition coefficient (Wildman–Crippen LogP) is 2.85. The van der Waals surface area contributed by atoms with Crippen molar-refractivity contribution in [2.24, 2.45) is 5.73 Å². The van der Waals surface area contributed by atoms with Crippen molar-refractivity contribution in [3.8, 4) is 5.75 Å². The first-order valence-corrected chi connectivity index (χ1v) is 8.01. The van der Waals surface area contributed by atoms with E-state index in [2.05, 4.69) is 0 Å². The number of carbonyl (C=O) groups excluding carboxylic acids is 1. The zero-order valence-electron chi connectivity index (χ0n) is 13.5. The summed E-state index contributed by atoms with van der Waals surface area (Å²) in [5.74, 6) is -2.64. The summed E-state index contributed by atoms with van der Waals surface area (Å²) in [6.07, 6.45) is -1.13. The number of hydrogen-bond donors (Lipinski definition) is 4. The number of aromatic carboxylic acids is 2. The lowest BCUT2D eigenvalue weighted by Gasteiger charge is -2.30. The quantitative estimate of drug-likeness (QED) is 0.444. The fraction of sp³-hybridized carbons (Fsp3) is 0.118. The van der Waals surface area contributed by atoms with Crippen LogP contribution in [0.4, 0.5) is 4.79 Å². The van der Waals surface area contributed by atoms with Gasteiger partial charge in [-0.2, -0.15) is 0 Å². The molecule has 1 atom stereocenters. The van der Waals surface area contributed by atoms with E-state index in [1.54, 1.807) is 12.1 Å². The molecule has 0 aliphatic rings. The van der Waals surface area contributed by atoms with E-state index in [0.29, 0.717) is 4.90 Å². The summed E-state index contributed by atoms with van der Waals surface area (Å²) in [5.41, 5.74) is 4.65. The minimum atomic E-state index is -1.55. The summed E-state index contributed by atoms with van der Waals surface area (Å²) in [4.78, 5) is 33.1. The van der Waals surface area contributed by atoms with Crippen molar-refractivity contribution in [2.75, 3.05) is 0 Å². The fourth-order valence-electron chi connectivity index (χ4n) is 2.31. The predicted molar refractivity (Wildman–Crippen MR) is 92.3 cm³/mol. The summed E-state index contributed by atoms with van der Waals surface area (Å²) in [6.45, 7) is 1.44. The summed E-state index contributed by atoms with van der Waals surface area (Å²) in [5, 5.41) is 27.9. The van der Waals surface area contributed by atoms with E-state index in [4.69, 9.17) is 15.6 Å². The fourth-order valence-corrected chi connectivity index (χ4v) is 3.45. The van der Waals surface area contributed by atoms with Crippen LogP contribution in [0.15, 0.2) is 47.4 Å². The highest BCUT2D eigenvalue weighted by Crippen LogP contribution is 2.44. The second-order valence-corrected chi connectivity index (χ2v) is 6.79. The summed E-state index contributed by atoms with van der Waals surface area (Å²) < 4.78 is 5.18. The van der Waals surface area contributed by atoms with Gasteiger partial charge in [0.15, 0.2) is 4.93 Å². The number of thioether (sulfide) groups is 1. The van der Waals surface area contributed by atoms with Gasteiger partial charge < -0.3 is 25.8 Å². The summed E-state index contributed by atoms with van der Waals surface area (Å²) in [7, 11) is 0. The van der Waals surface area contributed by atoms with Crippen molar-refractivity contribution in [3.63, 3.8) is 0 Å². The number of carbonyl (C=O) groups is 3. The van der Waals surface area contributed by atoms with Crippen molar-refractivity contribution < 1.29 is 34.4 Å². The number of benzene rings is 2. The second kappa shape index (κ2) is 7.36. The van der Waals surface area contributed by atoms with E-state index in [9.17, 15) is 24.6 Å². The van der Waals surface area contributed by atoms with Crippen LogP contribution >= 0.6 is 11.8 Å². The normalized spacial score (nSPS) is 12.8. The monoisotopic (exact) mass is 377 g/mol. The van der Waals surface area contributed by atoms with Gasteiger partial charge in [-0.3, -0.25) is 0 Å². The highest BCUT2D eigenvalue weighted by atomic mass is 32.2. The number of ether oxygens (including phenoxy) is 1. The van der Waals surface area contributed by atoms with E-state index >= 15 is 0 Å². The minimum absolute atomic E-state index is 0.0314. The Morgan fingerprint density at radius 2 is 1.65 bits per heavy atom. The Balaban J connectivity index is 2.58. The molecule has 2 rings (SSSR count). The molecule has 0 bridgehead atoms. The average molecular weight is 377 g/mol. The third-order valence-corrected chi connectivity index (χ3v) is 4.63. The molecular weight excluding hydrogens is 362 g/mol. The molecule has 5 N–H and O–H groups in total. The number of rotatable bonds is 6. The van der Waals surface area contributed by atoms with E-state index in [-0.39, 0.29) is 22.4 Å². The number of nitrogens with two attached hydrogens (primary N) is 1. The topological polar surface area (TPSA) is 147 Å². The number of aromatic hydroxyl groups is 1. The van der Waals surface area contributed by atoms with Gasteiger partial charge in [0, 0.05) is 10.5 Å². The molecule has 0 saturated carbocycles. The largest absolute Gasteiger partial charge is 0.508 e. The number of phenols is 1. The Kier molecular flexibility index (Phi) is 5.41. The van der Waals surface area contributed by atoms with Crippen LogP contribution in [0.25, 0.3) is 0 Å². The van der Waals surface area contributed by atoms with E-state index in [1.165, 1.54) is 31.2 Å². The lowest BCUT2D eigenvalue weighted by Crippen LogP contribution is -2.31. The van der Waals surface area contributed by atoms with Gasteiger partial charge in [-0.15, -0.1) is 0 Å². The minimum Gasteiger partial charge on any atom is -0.508 e. The zero-order valence-corrected chi connectivity index (χ0v) is 14.3. The van der Waals surface area contributed by atoms with Gasteiger partial charge in [-0.05, 0) is 43.3 Å². The van der Waals surface area contributed by atoms with Crippen molar-refractivity contribution in [1.29, 1.82) is 0 Å². The third kappa shape index (κ3) is 4.25. The van der Waals surface area contributed by atoms with Gasteiger partial charge in [0.1, 0.15) is 5.75 Å². The van der Waals surface area contributed by atoms with E-state index in [1.807, 2.05) is 0 Å². The van der Waals surface area contributed by atoms with Crippen LogP contribution < -0.4 is 5.73 Å². The van der Waals surface area contributed by atoms with Crippen LogP contribution in [0.5, 0.6) is 5.75 Å². The van der Waals surface area contributed by atoms with Gasteiger partial charge in [-0.1, -0.05) is 17.8 Å². The number of carboxylic acid groups (broad SMARTS) is 2. The molecule has 0 aromatic heterocycles. The van der Waals surface area contributed by atoms with Gasteiger partial charge in [0.05, 0.1) is 11.1 Å². The number of phenolic OH excluding ortho intramolecular Hbond substituents is 1. The third-order valence-electron chi connectivity index (χ3n) is 3.43. The second-order valence-electron chi connectivity index (χ2n) is 5.33. The zero-order chi connectivity index (χ0) is 19.5. The number of carboxylic acids is 2. The molecule has 0 heterocycles. The maximum atomic E-state index is 11.6. The van der Waals surface area contributed by atoms with Crippen LogP contribution in [0.3, 0.4) is 0 Å². The number of hydrogen-bond acceptors (Lipinski definition) is 6. The van der Waals surface area contributed by atoms with E-state index < -0.39 is 23.0 Å². The molecule has 9 heteroatoms. The van der Waals surface area contributed by atoms with Crippen LogP contribution in [0, 0.1) is 0 Å². The Hall–Kier alpha value is -3.20. The van der Waals surface area contributed by atoms with Crippen molar-refractivity contribution >= 4 is 29.8 Å². The molecule has 0 aliphatic heterocycles. The molecule has 2 aromatic carbocycles. The molecule has 0 spiro atoms. The molecule has 0 radical (unpaired) electrons. The standard InChI is InChI=1S/C17H15NO7S/c1-17(25-16(18)24,26-11-5-3-10(19)4-6-11)13-7-2-9(14(20)21)8-12(13)15(22)23/h2-8,19H,1H3,(H2,18,24)(H,20,21)(H,22,23). The van der Waals surface area contributed by atoms with Crippen LogP contribution in [0.2, 0.25) is 0 Å². The van der Waals surface area contributed by atoms with Gasteiger partial charge >= 0.3 is 18.0 Å². The first-order chi connectivity index (χ1) is 12.1. The average Bonchev–Trinajstić information content (AvgIpc) is 2.55. The molecule has 0 saturated heterocycles. The molecule has 136 valence electrons. The summed E-state index contributed by atoms with van der Waals surface area (Å²) in [6, 6.07) is 9.40. The number of primary amides is 1. The molecular formula is C17H15NO7S. The van der Waals surface area contributed by atoms with Crippen LogP contribution in [0.1, 0.15) is 33.2 Å². The smallest absolute Gasteiger partial charge is 0.406 e. The Bertz CT molecular complexity index is 866. The molecule has 1 amide bonds. The van der Waals surface area contributed by atoms with Crippen molar-refractivity contribution in [3.05, 3.63) is 59.2 Å². The molecule has 2 aromatic rings. The SMILES string of the molecule is CC(OC(N)=O)(Sc1ccc(O)cc1)c1ccc(C(=O)O)cc1C(=O)O. The molecule has 1 unspecified atom stereocenters. The number of amides is 1. The van der Waals surface area contributed by atoms with Crippen LogP contribution in [-0.4, -0.2) is 33.4 Å².